The molecule has 19 heavy (non-hydrogen) atoms. The Morgan fingerprint density at radius 2 is 1.79 bits per heavy atom. The van der Waals surface area contributed by atoms with Crippen molar-refractivity contribution in [2.75, 3.05) is 32.8 Å². The lowest BCUT2D eigenvalue weighted by Gasteiger charge is -2.27. The van der Waals surface area contributed by atoms with Crippen LogP contribution in [0, 0.1) is 0 Å². The van der Waals surface area contributed by atoms with Crippen molar-refractivity contribution in [1.82, 2.24) is 10.2 Å². The number of unbranched alkanes of at least 4 members (excludes halogenated alkanes) is 2. The van der Waals surface area contributed by atoms with Crippen LogP contribution in [-0.4, -0.2) is 49.8 Å². The Labute approximate surface area is 120 Å². The molecule has 1 aliphatic rings. The fourth-order valence-electron chi connectivity index (χ4n) is 2.67. The van der Waals surface area contributed by atoms with Crippen molar-refractivity contribution in [2.45, 2.75) is 71.4 Å². The summed E-state index contributed by atoms with van der Waals surface area (Å²) in [6, 6.07) is 0.663. The Morgan fingerprint density at radius 1 is 1.11 bits per heavy atom. The van der Waals surface area contributed by atoms with Crippen LogP contribution in [-0.2, 0) is 4.74 Å². The number of ether oxygens (including phenoxy) is 1. The van der Waals surface area contributed by atoms with E-state index in [2.05, 4.69) is 31.0 Å². The molecule has 1 aliphatic heterocycles. The summed E-state index contributed by atoms with van der Waals surface area (Å²) in [6.07, 6.45) is 8.06. The Balaban J connectivity index is 2.06. The molecule has 0 aromatic heterocycles. The maximum Gasteiger partial charge on any atom is 0.0599 e. The topological polar surface area (TPSA) is 24.5 Å². The minimum Gasteiger partial charge on any atom is -0.378 e. The van der Waals surface area contributed by atoms with Gasteiger partial charge in [-0.05, 0) is 59.2 Å². The summed E-state index contributed by atoms with van der Waals surface area (Å²) in [5.74, 6) is 0. The lowest BCUT2D eigenvalue weighted by molar-refractivity contribution is 0.0264. The van der Waals surface area contributed by atoms with Gasteiger partial charge >= 0.3 is 0 Å². The van der Waals surface area contributed by atoms with Gasteiger partial charge in [0, 0.05) is 19.2 Å². The second-order valence-corrected chi connectivity index (χ2v) is 6.01. The molecule has 1 rings (SSSR count). The van der Waals surface area contributed by atoms with E-state index < -0.39 is 0 Å². The van der Waals surface area contributed by atoms with Gasteiger partial charge in [0.05, 0.1) is 6.10 Å². The van der Waals surface area contributed by atoms with Crippen LogP contribution in [0.15, 0.2) is 0 Å². The SMILES string of the molecule is CCCCCN(CCCOC1CCNCC1)C(C)C. The molecule has 0 unspecified atom stereocenters. The smallest absolute Gasteiger partial charge is 0.0599 e. The molecule has 114 valence electrons. The van der Waals surface area contributed by atoms with E-state index in [1.165, 1.54) is 51.6 Å². The minimum atomic E-state index is 0.508. The molecule has 0 radical (unpaired) electrons. The van der Waals surface area contributed by atoms with Crippen LogP contribution in [0.5, 0.6) is 0 Å². The highest BCUT2D eigenvalue weighted by atomic mass is 16.5. The molecular formula is C16H34N2O. The molecule has 0 aromatic carbocycles. The Morgan fingerprint density at radius 3 is 2.42 bits per heavy atom. The van der Waals surface area contributed by atoms with Crippen molar-refractivity contribution in [3.8, 4) is 0 Å². The van der Waals surface area contributed by atoms with Crippen molar-refractivity contribution in [1.29, 1.82) is 0 Å². The quantitative estimate of drug-likeness (QED) is 0.618. The highest BCUT2D eigenvalue weighted by molar-refractivity contribution is 4.68. The number of rotatable bonds is 10. The third-order valence-electron chi connectivity index (χ3n) is 4.01. The third-order valence-corrected chi connectivity index (χ3v) is 4.01. The fraction of sp³-hybridized carbons (Fsp3) is 1.00. The second kappa shape index (κ2) is 10.6. The van der Waals surface area contributed by atoms with Gasteiger partial charge in [-0.15, -0.1) is 0 Å². The predicted molar refractivity (Wildman–Crippen MR) is 82.7 cm³/mol. The largest absolute Gasteiger partial charge is 0.378 e. The predicted octanol–water partition coefficient (Wildman–Crippen LogP) is 3.05. The van der Waals surface area contributed by atoms with Crippen LogP contribution in [0.1, 0.15) is 59.3 Å². The normalized spacial score (nSPS) is 17.5. The summed E-state index contributed by atoms with van der Waals surface area (Å²) in [5, 5.41) is 3.38. The average Bonchev–Trinajstić information content (AvgIpc) is 2.42. The molecule has 0 bridgehead atoms. The maximum absolute atomic E-state index is 5.97. The van der Waals surface area contributed by atoms with Crippen LogP contribution in [0.25, 0.3) is 0 Å². The van der Waals surface area contributed by atoms with Crippen molar-refractivity contribution in [2.24, 2.45) is 0 Å². The van der Waals surface area contributed by atoms with E-state index in [-0.39, 0.29) is 0 Å². The van der Waals surface area contributed by atoms with Crippen molar-refractivity contribution in [3.63, 3.8) is 0 Å². The highest BCUT2D eigenvalue weighted by Gasteiger charge is 2.13. The highest BCUT2D eigenvalue weighted by Crippen LogP contribution is 2.09. The van der Waals surface area contributed by atoms with Crippen LogP contribution in [0.3, 0.4) is 0 Å². The monoisotopic (exact) mass is 270 g/mol. The Kier molecular flexibility index (Phi) is 9.48. The summed E-state index contributed by atoms with van der Waals surface area (Å²) in [6.45, 7) is 12.5. The molecule has 0 aromatic rings. The number of hydrogen-bond acceptors (Lipinski definition) is 3. The first-order chi connectivity index (χ1) is 9.24. The van der Waals surface area contributed by atoms with E-state index in [9.17, 15) is 0 Å². The van der Waals surface area contributed by atoms with Gasteiger partial charge in [-0.2, -0.15) is 0 Å². The lowest BCUT2D eigenvalue weighted by Crippen LogP contribution is -2.35. The van der Waals surface area contributed by atoms with E-state index in [0.29, 0.717) is 12.1 Å². The fourth-order valence-corrected chi connectivity index (χ4v) is 2.67. The number of piperidine rings is 1. The summed E-state index contributed by atoms with van der Waals surface area (Å²) >= 11 is 0. The Bertz CT molecular complexity index is 203. The van der Waals surface area contributed by atoms with E-state index in [0.717, 1.165) is 19.7 Å². The van der Waals surface area contributed by atoms with Gasteiger partial charge in [0.25, 0.3) is 0 Å². The summed E-state index contributed by atoms with van der Waals surface area (Å²) in [7, 11) is 0. The third kappa shape index (κ3) is 7.91. The van der Waals surface area contributed by atoms with Crippen LogP contribution in [0.4, 0.5) is 0 Å². The molecule has 1 N–H and O–H groups in total. The van der Waals surface area contributed by atoms with Gasteiger partial charge in [0.1, 0.15) is 0 Å². The minimum absolute atomic E-state index is 0.508. The standard InChI is InChI=1S/C16H34N2O/c1-4-5-6-12-18(15(2)3)13-7-14-19-16-8-10-17-11-9-16/h15-17H,4-14H2,1-3H3. The summed E-state index contributed by atoms with van der Waals surface area (Å²) < 4.78 is 5.97. The summed E-state index contributed by atoms with van der Waals surface area (Å²) in [4.78, 5) is 2.60. The zero-order valence-corrected chi connectivity index (χ0v) is 13.3. The van der Waals surface area contributed by atoms with Gasteiger partial charge < -0.3 is 15.0 Å². The molecule has 3 heteroatoms. The molecule has 0 aliphatic carbocycles. The molecular weight excluding hydrogens is 236 g/mol. The molecule has 3 nitrogen and oxygen atoms in total. The molecule has 0 amide bonds. The van der Waals surface area contributed by atoms with Gasteiger partial charge in [0.15, 0.2) is 0 Å². The molecule has 0 saturated carbocycles. The van der Waals surface area contributed by atoms with Gasteiger partial charge in [-0.1, -0.05) is 19.8 Å². The molecule has 0 spiro atoms. The molecule has 1 saturated heterocycles. The zero-order chi connectivity index (χ0) is 13.9. The molecule has 0 atom stereocenters. The van der Waals surface area contributed by atoms with Crippen LogP contribution >= 0.6 is 0 Å². The first-order valence-electron chi connectivity index (χ1n) is 8.30. The number of hydrogen-bond donors (Lipinski definition) is 1. The lowest BCUT2D eigenvalue weighted by atomic mass is 10.1. The van der Waals surface area contributed by atoms with Crippen LogP contribution in [0.2, 0.25) is 0 Å². The van der Waals surface area contributed by atoms with E-state index >= 15 is 0 Å². The van der Waals surface area contributed by atoms with Gasteiger partial charge in [-0.3, -0.25) is 0 Å². The van der Waals surface area contributed by atoms with Crippen LogP contribution < -0.4 is 5.32 Å². The maximum atomic E-state index is 5.97. The average molecular weight is 270 g/mol. The Hall–Kier alpha value is -0.120. The van der Waals surface area contributed by atoms with Gasteiger partial charge in [0.2, 0.25) is 0 Å². The van der Waals surface area contributed by atoms with Crippen molar-refractivity contribution < 1.29 is 4.74 Å². The van der Waals surface area contributed by atoms with E-state index in [1.54, 1.807) is 0 Å². The zero-order valence-electron chi connectivity index (χ0n) is 13.3. The summed E-state index contributed by atoms with van der Waals surface area (Å²) in [5.41, 5.74) is 0. The van der Waals surface area contributed by atoms with Crippen molar-refractivity contribution in [3.05, 3.63) is 0 Å². The number of nitrogens with one attached hydrogen (secondary N) is 1. The van der Waals surface area contributed by atoms with Gasteiger partial charge in [-0.25, -0.2) is 0 Å². The first kappa shape index (κ1) is 16.9. The van der Waals surface area contributed by atoms with Crippen molar-refractivity contribution >= 4 is 0 Å². The van der Waals surface area contributed by atoms with E-state index in [4.69, 9.17) is 4.74 Å². The molecule has 1 heterocycles. The van der Waals surface area contributed by atoms with E-state index in [1.807, 2.05) is 0 Å². The second-order valence-electron chi connectivity index (χ2n) is 6.01. The number of nitrogens with zero attached hydrogens (tertiary/aromatic N) is 1. The molecule has 1 fully saturated rings. The first-order valence-corrected chi connectivity index (χ1v) is 8.30.